The first kappa shape index (κ1) is 7.48. The summed E-state index contributed by atoms with van der Waals surface area (Å²) >= 11 is 4.83. The van der Waals surface area contributed by atoms with E-state index in [1.54, 1.807) is 0 Å². The Morgan fingerprint density at radius 1 is 1.25 bits per heavy atom. The van der Waals surface area contributed by atoms with Crippen molar-refractivity contribution in [3.63, 3.8) is 0 Å². The van der Waals surface area contributed by atoms with Crippen LogP contribution in [0.2, 0.25) is 0 Å². The Balaban J connectivity index is 2.68. The van der Waals surface area contributed by atoms with Gasteiger partial charge in [0.15, 0.2) is 0 Å². The van der Waals surface area contributed by atoms with Crippen molar-refractivity contribution in [3.05, 3.63) is 41.5 Å². The molecule has 1 aromatic rings. The smallest absolute Gasteiger partial charge is 0.0171 e. The van der Waals surface area contributed by atoms with Gasteiger partial charge in [0.05, 0.1) is 0 Å². The quantitative estimate of drug-likeness (QED) is 0.542. The molecule has 58 valence electrons. The maximum atomic E-state index is 4.83. The summed E-state index contributed by atoms with van der Waals surface area (Å²) in [4.78, 5) is 0. The molecule has 0 aliphatic heterocycles. The number of hydrogen-bond donors (Lipinski definition) is 0. The Kier molecular flexibility index (Phi) is 1.91. The van der Waals surface area contributed by atoms with E-state index in [4.69, 9.17) is 12.2 Å². The maximum absolute atomic E-state index is 4.83. The van der Waals surface area contributed by atoms with Gasteiger partial charge in [0, 0.05) is 5.57 Å². The third kappa shape index (κ3) is 1.14. The number of fused-ring (bicyclic) bond motifs is 1. The molecule has 0 saturated heterocycles. The predicted molar refractivity (Wildman–Crippen MR) is 56.1 cm³/mol. The van der Waals surface area contributed by atoms with Gasteiger partial charge in [-0.05, 0) is 34.8 Å². The van der Waals surface area contributed by atoms with Gasteiger partial charge in [0.1, 0.15) is 0 Å². The van der Waals surface area contributed by atoms with Crippen LogP contribution in [-0.4, -0.2) is 5.02 Å². The average molecular weight is 172 g/mol. The minimum atomic E-state index is 0.917. The number of hydrogen-bond acceptors (Lipinski definition) is 1. The van der Waals surface area contributed by atoms with Gasteiger partial charge in [-0.1, -0.05) is 36.4 Å². The Morgan fingerprint density at radius 3 is 2.92 bits per heavy atom. The molecule has 0 saturated carbocycles. The molecular formula is C11H8S. The standard InChI is InChI=1S/C11H8S/c12-8-10-6-3-5-9-4-1-2-7-11(9)10/h1-5,7H,6H2. The third-order valence-electron chi connectivity index (χ3n) is 2.03. The second-order valence-corrected chi connectivity index (χ2v) is 2.98. The molecule has 0 unspecified atom stereocenters. The summed E-state index contributed by atoms with van der Waals surface area (Å²) in [5.41, 5.74) is 3.61. The summed E-state index contributed by atoms with van der Waals surface area (Å²) in [6.45, 7) is 0. The molecule has 2 rings (SSSR count). The van der Waals surface area contributed by atoms with E-state index >= 15 is 0 Å². The van der Waals surface area contributed by atoms with Crippen molar-refractivity contribution in [1.29, 1.82) is 0 Å². The Bertz CT molecular complexity index is 382. The minimum Gasteiger partial charge on any atom is -0.0788 e. The van der Waals surface area contributed by atoms with Crippen LogP contribution in [0.5, 0.6) is 0 Å². The van der Waals surface area contributed by atoms with E-state index in [1.165, 1.54) is 11.1 Å². The van der Waals surface area contributed by atoms with Crippen molar-refractivity contribution in [2.24, 2.45) is 0 Å². The lowest BCUT2D eigenvalue weighted by atomic mass is 9.94. The van der Waals surface area contributed by atoms with Crippen LogP contribution in [0, 0.1) is 0 Å². The van der Waals surface area contributed by atoms with Gasteiger partial charge in [0.2, 0.25) is 0 Å². The first-order valence-corrected chi connectivity index (χ1v) is 4.32. The van der Waals surface area contributed by atoms with Gasteiger partial charge in [-0.2, -0.15) is 0 Å². The van der Waals surface area contributed by atoms with E-state index in [9.17, 15) is 0 Å². The largest absolute Gasteiger partial charge is 0.0788 e. The summed E-state index contributed by atoms with van der Waals surface area (Å²) in [6, 6.07) is 8.26. The van der Waals surface area contributed by atoms with E-state index in [0.717, 1.165) is 12.0 Å². The predicted octanol–water partition coefficient (Wildman–Crippen LogP) is 3.09. The molecule has 0 fully saturated rings. The summed E-state index contributed by atoms with van der Waals surface area (Å²) in [5.74, 6) is 0. The zero-order valence-corrected chi connectivity index (χ0v) is 7.40. The molecule has 0 radical (unpaired) electrons. The van der Waals surface area contributed by atoms with E-state index in [1.807, 2.05) is 12.1 Å². The van der Waals surface area contributed by atoms with Gasteiger partial charge >= 0.3 is 0 Å². The molecular weight excluding hydrogens is 164 g/mol. The Labute approximate surface area is 77.2 Å². The van der Waals surface area contributed by atoms with Crippen LogP contribution in [0.3, 0.4) is 0 Å². The lowest BCUT2D eigenvalue weighted by Gasteiger charge is -2.10. The fourth-order valence-electron chi connectivity index (χ4n) is 1.43. The molecule has 1 aliphatic carbocycles. The van der Waals surface area contributed by atoms with E-state index < -0.39 is 0 Å². The zero-order valence-electron chi connectivity index (χ0n) is 6.58. The summed E-state index contributed by atoms with van der Waals surface area (Å²) in [5, 5.41) is 2.81. The molecule has 0 bridgehead atoms. The summed E-state index contributed by atoms with van der Waals surface area (Å²) in [7, 11) is 0. The zero-order chi connectivity index (χ0) is 8.39. The van der Waals surface area contributed by atoms with Crippen molar-refractivity contribution in [2.45, 2.75) is 6.42 Å². The molecule has 0 aromatic heterocycles. The highest BCUT2D eigenvalue weighted by molar-refractivity contribution is 7.78. The number of thiocarbonyl (C=S) groups is 1. The first-order chi connectivity index (χ1) is 5.92. The van der Waals surface area contributed by atoms with Crippen LogP contribution in [0.1, 0.15) is 17.5 Å². The second kappa shape index (κ2) is 3.06. The molecule has 1 aromatic carbocycles. The lowest BCUT2D eigenvalue weighted by molar-refractivity contribution is 1.38. The van der Waals surface area contributed by atoms with Crippen LogP contribution in [-0.2, 0) is 0 Å². The fourth-order valence-corrected chi connectivity index (χ4v) is 1.62. The summed E-state index contributed by atoms with van der Waals surface area (Å²) in [6.07, 6.45) is 5.17. The SMILES string of the molecule is S=C=C1CC=Cc2ccccc21. The molecule has 12 heavy (non-hydrogen) atoms. The Morgan fingerprint density at radius 2 is 2.08 bits per heavy atom. The average Bonchev–Trinajstić information content (AvgIpc) is 2.17. The molecule has 1 aliphatic rings. The number of rotatable bonds is 0. The van der Waals surface area contributed by atoms with Gasteiger partial charge in [-0.3, -0.25) is 0 Å². The highest BCUT2D eigenvalue weighted by atomic mass is 32.1. The second-order valence-electron chi connectivity index (χ2n) is 2.77. The van der Waals surface area contributed by atoms with Gasteiger partial charge in [0.25, 0.3) is 0 Å². The maximum Gasteiger partial charge on any atom is 0.0171 e. The Hall–Kier alpha value is -1.17. The molecule has 0 spiro atoms. The molecule has 0 nitrogen and oxygen atoms in total. The fraction of sp³-hybridized carbons (Fsp3) is 0.0909. The van der Waals surface area contributed by atoms with Gasteiger partial charge in [-0.15, -0.1) is 0 Å². The first-order valence-electron chi connectivity index (χ1n) is 3.92. The topological polar surface area (TPSA) is 0 Å². The highest BCUT2D eigenvalue weighted by Crippen LogP contribution is 2.26. The molecule has 0 atom stereocenters. The number of allylic oxidation sites excluding steroid dienone is 2. The van der Waals surface area contributed by atoms with Crippen molar-refractivity contribution >= 4 is 28.9 Å². The van der Waals surface area contributed by atoms with Gasteiger partial charge < -0.3 is 0 Å². The van der Waals surface area contributed by atoms with E-state index in [-0.39, 0.29) is 0 Å². The third-order valence-corrected chi connectivity index (χ3v) is 2.27. The van der Waals surface area contributed by atoms with Crippen molar-refractivity contribution in [1.82, 2.24) is 0 Å². The summed E-state index contributed by atoms with van der Waals surface area (Å²) < 4.78 is 0. The molecule has 0 N–H and O–H groups in total. The highest BCUT2D eigenvalue weighted by Gasteiger charge is 2.07. The van der Waals surface area contributed by atoms with Crippen LogP contribution in [0.4, 0.5) is 0 Å². The van der Waals surface area contributed by atoms with Crippen molar-refractivity contribution in [3.8, 4) is 0 Å². The van der Waals surface area contributed by atoms with Crippen LogP contribution >= 0.6 is 12.2 Å². The van der Waals surface area contributed by atoms with Crippen LogP contribution in [0.25, 0.3) is 11.6 Å². The normalized spacial score (nSPS) is 13.8. The molecule has 1 heteroatoms. The molecule has 0 amide bonds. The van der Waals surface area contributed by atoms with Crippen LogP contribution < -0.4 is 0 Å². The van der Waals surface area contributed by atoms with Crippen LogP contribution in [0.15, 0.2) is 30.3 Å². The molecule has 0 heterocycles. The lowest BCUT2D eigenvalue weighted by Crippen LogP contribution is -1.92. The van der Waals surface area contributed by atoms with E-state index in [2.05, 4.69) is 29.3 Å². The van der Waals surface area contributed by atoms with E-state index in [0.29, 0.717) is 0 Å². The van der Waals surface area contributed by atoms with Crippen molar-refractivity contribution in [2.75, 3.05) is 0 Å². The number of benzene rings is 1. The van der Waals surface area contributed by atoms with Crippen molar-refractivity contribution < 1.29 is 0 Å². The van der Waals surface area contributed by atoms with Gasteiger partial charge in [-0.25, -0.2) is 0 Å². The minimum absolute atomic E-state index is 0.917. The monoisotopic (exact) mass is 172 g/mol.